The number of nitrogens with zero attached hydrogens (tertiary/aromatic N) is 1. The van der Waals surface area contributed by atoms with Crippen molar-refractivity contribution in [2.75, 3.05) is 0 Å². The van der Waals surface area contributed by atoms with E-state index in [1.807, 2.05) is 0 Å². The molecule has 4 nitrogen and oxygen atoms in total. The summed E-state index contributed by atoms with van der Waals surface area (Å²) in [7, 11) is 0. The molecule has 26 heavy (non-hydrogen) atoms. The summed E-state index contributed by atoms with van der Waals surface area (Å²) in [6.45, 7) is 0. The van der Waals surface area contributed by atoms with Gasteiger partial charge in [0.2, 0.25) is 0 Å². The lowest BCUT2D eigenvalue weighted by atomic mass is 10.1. The zero-order chi connectivity index (χ0) is 21.4. The van der Waals surface area contributed by atoms with Crippen molar-refractivity contribution in [3.63, 3.8) is 0 Å². The number of halogens is 14. The van der Waals surface area contributed by atoms with E-state index in [9.17, 15) is 66.3 Å². The lowest BCUT2D eigenvalue weighted by Gasteiger charge is -2.52. The summed E-state index contributed by atoms with van der Waals surface area (Å²) in [5.41, 5.74) is 0. The van der Waals surface area contributed by atoms with Gasteiger partial charge in [-0.15, -0.1) is 4.90 Å². The number of aliphatic carboxylic acids is 1. The second-order valence-corrected chi connectivity index (χ2v) is 4.55. The largest absolute Gasteiger partial charge is 0.477 e. The van der Waals surface area contributed by atoms with Crippen LogP contribution in [0.25, 0.3) is 0 Å². The summed E-state index contributed by atoms with van der Waals surface area (Å²) in [6, 6.07) is -22.7. The summed E-state index contributed by atoms with van der Waals surface area (Å²) >= 11 is 0. The van der Waals surface area contributed by atoms with Crippen LogP contribution in [0.1, 0.15) is 0 Å². The second-order valence-electron chi connectivity index (χ2n) is 4.55. The van der Waals surface area contributed by atoms with E-state index in [-0.39, 0.29) is 0 Å². The predicted octanol–water partition coefficient (Wildman–Crippen LogP) is 3.64. The number of morpholine rings is 1. The van der Waals surface area contributed by atoms with Gasteiger partial charge in [0.15, 0.2) is 0 Å². The van der Waals surface area contributed by atoms with Crippen molar-refractivity contribution in [2.24, 2.45) is 0 Å². The molecule has 1 fully saturated rings. The fourth-order valence-corrected chi connectivity index (χ4v) is 1.60. The van der Waals surface area contributed by atoms with Crippen molar-refractivity contribution in [1.82, 2.24) is 4.90 Å². The lowest BCUT2D eigenvalue weighted by Crippen LogP contribution is -2.83. The Hall–Kier alpha value is -1.59. The highest BCUT2D eigenvalue weighted by Gasteiger charge is 2.94. The number of carbonyl (C=O) groups is 1. The minimum absolute atomic E-state index is 1.66. The normalized spacial score (nSPS) is 29.5. The molecule has 0 amide bonds. The van der Waals surface area contributed by atoms with Crippen molar-refractivity contribution >= 4 is 5.97 Å². The van der Waals surface area contributed by atoms with Gasteiger partial charge in [-0.05, 0) is 0 Å². The molecule has 0 saturated carbocycles. The molecule has 0 spiro atoms. The van der Waals surface area contributed by atoms with Gasteiger partial charge in [-0.1, -0.05) is 0 Å². The first-order chi connectivity index (χ1) is 11.0. The maximum Gasteiger partial charge on any atom is 0.456 e. The van der Waals surface area contributed by atoms with E-state index >= 15 is 0 Å². The van der Waals surface area contributed by atoms with Gasteiger partial charge < -0.3 is 5.11 Å². The van der Waals surface area contributed by atoms with Crippen molar-refractivity contribution in [2.45, 2.75) is 42.2 Å². The topological polar surface area (TPSA) is 49.8 Å². The quantitative estimate of drug-likeness (QED) is 0.555. The first-order valence-corrected chi connectivity index (χ1v) is 5.40. The molecule has 1 atom stereocenters. The van der Waals surface area contributed by atoms with E-state index in [1.165, 1.54) is 0 Å². The average Bonchev–Trinajstić information content (AvgIpc) is 2.33. The van der Waals surface area contributed by atoms with Gasteiger partial charge in [0.05, 0.1) is 0 Å². The molecule has 1 saturated heterocycles. The zero-order valence-electron chi connectivity index (χ0n) is 11.0. The Morgan fingerprint density at radius 3 is 1.50 bits per heavy atom. The van der Waals surface area contributed by atoms with Crippen molar-refractivity contribution in [3.05, 3.63) is 0 Å². The second kappa shape index (κ2) is 5.23. The van der Waals surface area contributed by atoms with Crippen LogP contribution in [-0.4, -0.2) is 58.2 Å². The van der Waals surface area contributed by atoms with E-state index in [2.05, 4.69) is 0 Å². The number of hydrogen-bond donors (Lipinski definition) is 1. The summed E-state index contributed by atoms with van der Waals surface area (Å²) in [5, 5.41) is 7.79. The van der Waals surface area contributed by atoms with Crippen LogP contribution < -0.4 is 0 Å². The molecule has 0 aromatic rings. The maximum absolute atomic E-state index is 13.4. The third-order valence-corrected chi connectivity index (χ3v) is 2.86. The SMILES string of the molecule is O=C(O)C(F)(F)C(F)(F)N1C(F)(F)C(F)(F)OC(F)(C(F)(F)F)C1(F)F. The van der Waals surface area contributed by atoms with Crippen molar-refractivity contribution in [1.29, 1.82) is 0 Å². The minimum atomic E-state index is -7.67. The van der Waals surface area contributed by atoms with Gasteiger partial charge in [0.1, 0.15) is 0 Å². The van der Waals surface area contributed by atoms with E-state index in [4.69, 9.17) is 5.11 Å². The van der Waals surface area contributed by atoms with Crippen molar-refractivity contribution in [3.8, 4) is 0 Å². The van der Waals surface area contributed by atoms with Crippen LogP contribution in [0.3, 0.4) is 0 Å². The Morgan fingerprint density at radius 2 is 1.19 bits per heavy atom. The van der Waals surface area contributed by atoms with Crippen LogP contribution in [-0.2, 0) is 9.53 Å². The molecule has 0 aliphatic carbocycles. The molecule has 1 heterocycles. The zero-order valence-corrected chi connectivity index (χ0v) is 11.0. The Labute approximate surface area is 130 Å². The maximum atomic E-state index is 13.4. The van der Waals surface area contributed by atoms with Crippen LogP contribution in [0, 0.1) is 0 Å². The molecule has 154 valence electrons. The molecule has 0 aromatic heterocycles. The number of carboxylic acids is 1. The molecule has 1 rings (SSSR count). The lowest BCUT2D eigenvalue weighted by molar-refractivity contribution is -0.596. The third kappa shape index (κ3) is 2.48. The molecule has 1 unspecified atom stereocenters. The van der Waals surface area contributed by atoms with Gasteiger partial charge in [-0.2, -0.15) is 61.5 Å². The highest BCUT2D eigenvalue weighted by atomic mass is 19.4. The molecule has 0 aromatic carbocycles. The van der Waals surface area contributed by atoms with Gasteiger partial charge in [0.25, 0.3) is 0 Å². The van der Waals surface area contributed by atoms with Gasteiger partial charge in [-0.3, -0.25) is 4.74 Å². The highest BCUT2D eigenvalue weighted by molar-refractivity contribution is 5.76. The summed E-state index contributed by atoms with van der Waals surface area (Å²) < 4.78 is 183. The van der Waals surface area contributed by atoms with E-state index in [0.29, 0.717) is 0 Å². The standard InChI is InChI=1S/C8HF14NO3/c9-2(10,1(24)25)5(15,16)23-6(17,18)3(11,4(12,13)14)26-8(21,22)7(23,19)20/h(H,24,25). The van der Waals surface area contributed by atoms with E-state index in [0.717, 1.165) is 0 Å². The number of ether oxygens (including phenoxy) is 1. The Kier molecular flexibility index (Phi) is 4.52. The molecule has 1 aliphatic heterocycles. The highest BCUT2D eigenvalue weighted by Crippen LogP contribution is 2.63. The third-order valence-electron chi connectivity index (χ3n) is 2.86. The fourth-order valence-electron chi connectivity index (χ4n) is 1.60. The first-order valence-electron chi connectivity index (χ1n) is 5.40. The first kappa shape index (κ1) is 22.5. The van der Waals surface area contributed by atoms with Crippen LogP contribution in [0.5, 0.6) is 0 Å². The number of carboxylic acid groups (broad SMARTS) is 1. The smallest absolute Gasteiger partial charge is 0.456 e. The molecular formula is C8HF14NO3. The predicted molar refractivity (Wildman–Crippen MR) is 45.2 cm³/mol. The van der Waals surface area contributed by atoms with Crippen molar-refractivity contribution < 1.29 is 76.1 Å². The minimum Gasteiger partial charge on any atom is -0.477 e. The molecule has 18 heteroatoms. The molecule has 1 aliphatic rings. The van der Waals surface area contributed by atoms with Crippen LogP contribution in [0.2, 0.25) is 0 Å². The van der Waals surface area contributed by atoms with Crippen LogP contribution in [0.15, 0.2) is 0 Å². The molecule has 1 N–H and O–H groups in total. The summed E-state index contributed by atoms with van der Waals surface area (Å²) in [4.78, 5) is 5.80. The fraction of sp³-hybridized carbons (Fsp3) is 0.875. The van der Waals surface area contributed by atoms with Gasteiger partial charge >= 0.3 is 48.2 Å². The summed E-state index contributed by atoms with van der Waals surface area (Å²) in [6.07, 6.45) is -14.6. The number of hydrogen-bond acceptors (Lipinski definition) is 3. The Bertz CT molecular complexity index is 599. The van der Waals surface area contributed by atoms with E-state index < -0.39 is 53.1 Å². The van der Waals surface area contributed by atoms with Crippen LogP contribution >= 0.6 is 0 Å². The Morgan fingerprint density at radius 1 is 0.808 bits per heavy atom. The molecular weight excluding hydrogens is 424 g/mol. The van der Waals surface area contributed by atoms with Gasteiger partial charge in [-0.25, -0.2) is 4.79 Å². The number of rotatable bonds is 3. The van der Waals surface area contributed by atoms with Gasteiger partial charge in [0, 0.05) is 0 Å². The molecule has 0 bridgehead atoms. The Balaban J connectivity index is 3.88. The monoisotopic (exact) mass is 425 g/mol. The summed E-state index contributed by atoms with van der Waals surface area (Å²) in [5.74, 6) is -18.6. The van der Waals surface area contributed by atoms with E-state index in [1.54, 1.807) is 4.74 Å². The molecule has 0 radical (unpaired) electrons. The van der Waals surface area contributed by atoms with Crippen LogP contribution in [0.4, 0.5) is 61.5 Å². The average molecular weight is 425 g/mol. The number of alkyl halides is 14.